The molecule has 0 saturated carbocycles. The zero-order valence-electron chi connectivity index (χ0n) is 10.5. The van der Waals surface area contributed by atoms with E-state index in [1.807, 2.05) is 0 Å². The topological polar surface area (TPSA) is 38.3 Å². The maximum atomic E-state index is 12.9. The minimum absolute atomic E-state index is 0.116. The van der Waals surface area contributed by atoms with Gasteiger partial charge in [-0.05, 0) is 36.4 Å². The largest absolute Gasteiger partial charge is 0.482 e. The van der Waals surface area contributed by atoms with Gasteiger partial charge in [0.05, 0.1) is 15.7 Å². The van der Waals surface area contributed by atoms with E-state index in [9.17, 15) is 9.18 Å². The highest BCUT2D eigenvalue weighted by Crippen LogP contribution is 2.28. The van der Waals surface area contributed by atoms with Crippen molar-refractivity contribution in [2.75, 3.05) is 11.9 Å². The summed E-state index contributed by atoms with van der Waals surface area (Å²) in [6, 6.07) is 8.74. The molecule has 3 nitrogen and oxygen atoms in total. The number of carbonyl (C=O) groups is 1. The van der Waals surface area contributed by atoms with Crippen molar-refractivity contribution in [3.63, 3.8) is 0 Å². The Hall–Kier alpha value is -1.30. The number of halogens is 4. The second kappa shape index (κ2) is 7.11. The first-order valence-electron chi connectivity index (χ1n) is 5.78. The molecule has 0 fully saturated rings. The maximum Gasteiger partial charge on any atom is 0.262 e. The van der Waals surface area contributed by atoms with Crippen molar-refractivity contribution in [2.24, 2.45) is 0 Å². The first-order valence-corrected chi connectivity index (χ1v) is 7.33. The van der Waals surface area contributed by atoms with Crippen LogP contribution in [-0.4, -0.2) is 12.5 Å². The molecule has 0 saturated heterocycles. The average Bonchev–Trinajstić information content (AvgIpc) is 2.41. The van der Waals surface area contributed by atoms with E-state index in [1.165, 1.54) is 12.1 Å². The predicted molar refractivity (Wildman–Crippen MR) is 84.7 cm³/mol. The number of hydrogen-bond donors (Lipinski definition) is 1. The van der Waals surface area contributed by atoms with Gasteiger partial charge < -0.3 is 10.1 Å². The summed E-state index contributed by atoms with van der Waals surface area (Å²) >= 11 is 15.0. The predicted octanol–water partition coefficient (Wildman–Crippen LogP) is 4.91. The normalized spacial score (nSPS) is 10.3. The SMILES string of the molecule is O=C(COc1ccc(Br)cc1Cl)Nc1ccc(F)cc1Cl. The Bertz CT molecular complexity index is 682. The van der Waals surface area contributed by atoms with Crippen LogP contribution in [0.15, 0.2) is 40.9 Å². The van der Waals surface area contributed by atoms with E-state index in [1.54, 1.807) is 18.2 Å². The Kier molecular flexibility index (Phi) is 5.45. The number of nitrogens with one attached hydrogen (secondary N) is 1. The van der Waals surface area contributed by atoms with E-state index in [-0.39, 0.29) is 11.6 Å². The molecule has 2 rings (SSSR count). The Morgan fingerprint density at radius 2 is 1.95 bits per heavy atom. The zero-order valence-corrected chi connectivity index (χ0v) is 13.6. The van der Waals surface area contributed by atoms with Gasteiger partial charge in [-0.1, -0.05) is 39.1 Å². The Labute approximate surface area is 139 Å². The van der Waals surface area contributed by atoms with Crippen molar-refractivity contribution >= 4 is 50.7 Å². The van der Waals surface area contributed by atoms with Gasteiger partial charge in [-0.3, -0.25) is 4.79 Å². The fraction of sp³-hybridized carbons (Fsp3) is 0.0714. The van der Waals surface area contributed by atoms with E-state index in [4.69, 9.17) is 27.9 Å². The van der Waals surface area contributed by atoms with Gasteiger partial charge in [-0.2, -0.15) is 0 Å². The molecule has 0 radical (unpaired) electrons. The van der Waals surface area contributed by atoms with Gasteiger partial charge in [-0.15, -0.1) is 0 Å². The molecule has 7 heteroatoms. The highest BCUT2D eigenvalue weighted by Gasteiger charge is 2.09. The van der Waals surface area contributed by atoms with Gasteiger partial charge in [0.15, 0.2) is 6.61 Å². The average molecular weight is 393 g/mol. The summed E-state index contributed by atoms with van der Waals surface area (Å²) in [5.74, 6) is -0.515. The minimum atomic E-state index is -0.476. The van der Waals surface area contributed by atoms with Gasteiger partial charge in [0.1, 0.15) is 11.6 Å². The van der Waals surface area contributed by atoms with Crippen molar-refractivity contribution in [2.45, 2.75) is 0 Å². The van der Waals surface area contributed by atoms with Gasteiger partial charge >= 0.3 is 0 Å². The lowest BCUT2D eigenvalue weighted by Gasteiger charge is -2.10. The first kappa shape index (κ1) is 16.1. The van der Waals surface area contributed by atoms with Crippen LogP contribution in [0.4, 0.5) is 10.1 Å². The number of hydrogen-bond acceptors (Lipinski definition) is 2. The Balaban J connectivity index is 1.96. The maximum absolute atomic E-state index is 12.9. The lowest BCUT2D eigenvalue weighted by molar-refractivity contribution is -0.118. The lowest BCUT2D eigenvalue weighted by atomic mass is 10.3. The monoisotopic (exact) mass is 391 g/mol. The molecule has 2 aromatic rings. The third-order valence-corrected chi connectivity index (χ3v) is 3.56. The van der Waals surface area contributed by atoms with Crippen LogP contribution in [-0.2, 0) is 4.79 Å². The summed E-state index contributed by atoms with van der Waals surface area (Å²) in [5, 5.41) is 3.03. The van der Waals surface area contributed by atoms with Crippen LogP contribution in [0.2, 0.25) is 10.0 Å². The number of carbonyl (C=O) groups excluding carboxylic acids is 1. The van der Waals surface area contributed by atoms with Crippen molar-refractivity contribution in [1.29, 1.82) is 0 Å². The van der Waals surface area contributed by atoms with Gasteiger partial charge in [-0.25, -0.2) is 4.39 Å². The second-order valence-electron chi connectivity index (χ2n) is 4.04. The standard InChI is InChI=1S/C14H9BrCl2FNO2/c15-8-1-4-13(11(17)5-8)21-7-14(20)19-12-3-2-9(18)6-10(12)16/h1-6H,7H2,(H,19,20). The first-order chi connectivity index (χ1) is 9.95. The number of amides is 1. The minimum Gasteiger partial charge on any atom is -0.482 e. The van der Waals surface area contributed by atoms with E-state index >= 15 is 0 Å². The van der Waals surface area contributed by atoms with Crippen molar-refractivity contribution < 1.29 is 13.9 Å². The summed E-state index contributed by atoms with van der Waals surface area (Å²) in [5.41, 5.74) is 0.313. The summed E-state index contributed by atoms with van der Waals surface area (Å²) < 4.78 is 19.0. The van der Waals surface area contributed by atoms with Crippen LogP contribution in [0, 0.1) is 5.82 Å². The Morgan fingerprint density at radius 1 is 1.19 bits per heavy atom. The second-order valence-corrected chi connectivity index (χ2v) is 5.77. The van der Waals surface area contributed by atoms with E-state index < -0.39 is 11.7 Å². The molecular formula is C14H9BrCl2FNO2. The van der Waals surface area contributed by atoms with Crippen LogP contribution < -0.4 is 10.1 Å². The lowest BCUT2D eigenvalue weighted by Crippen LogP contribution is -2.20. The fourth-order valence-electron chi connectivity index (χ4n) is 1.51. The summed E-state index contributed by atoms with van der Waals surface area (Å²) in [7, 11) is 0. The summed E-state index contributed by atoms with van der Waals surface area (Å²) in [4.78, 5) is 11.8. The van der Waals surface area contributed by atoms with Gasteiger partial charge in [0, 0.05) is 4.47 Å². The fourth-order valence-corrected chi connectivity index (χ4v) is 2.46. The van der Waals surface area contributed by atoms with Crippen LogP contribution in [0.3, 0.4) is 0 Å². The molecule has 0 atom stereocenters. The quantitative estimate of drug-likeness (QED) is 0.802. The molecule has 0 bridgehead atoms. The van der Waals surface area contributed by atoms with E-state index in [0.717, 1.165) is 10.5 Å². The third kappa shape index (κ3) is 4.59. The summed E-state index contributed by atoms with van der Waals surface area (Å²) in [6.07, 6.45) is 0. The van der Waals surface area contributed by atoms with Crippen LogP contribution >= 0.6 is 39.1 Å². The molecule has 110 valence electrons. The van der Waals surface area contributed by atoms with Gasteiger partial charge in [0.2, 0.25) is 0 Å². The van der Waals surface area contributed by atoms with Crippen molar-refractivity contribution in [1.82, 2.24) is 0 Å². The molecule has 0 aromatic heterocycles. The van der Waals surface area contributed by atoms with E-state index in [2.05, 4.69) is 21.2 Å². The molecule has 0 heterocycles. The van der Waals surface area contributed by atoms with E-state index in [0.29, 0.717) is 16.5 Å². The molecule has 0 spiro atoms. The Morgan fingerprint density at radius 3 is 2.62 bits per heavy atom. The molecule has 2 aromatic carbocycles. The summed E-state index contributed by atoms with van der Waals surface area (Å²) in [6.45, 7) is -0.241. The number of ether oxygens (including phenoxy) is 1. The third-order valence-electron chi connectivity index (χ3n) is 2.46. The smallest absolute Gasteiger partial charge is 0.262 e. The highest BCUT2D eigenvalue weighted by atomic mass is 79.9. The zero-order chi connectivity index (χ0) is 15.4. The molecule has 0 unspecified atom stereocenters. The molecule has 0 aliphatic rings. The molecule has 0 aliphatic heterocycles. The number of rotatable bonds is 4. The molecule has 1 N–H and O–H groups in total. The molecule has 0 aliphatic carbocycles. The van der Waals surface area contributed by atoms with Crippen LogP contribution in [0.25, 0.3) is 0 Å². The van der Waals surface area contributed by atoms with Crippen LogP contribution in [0.1, 0.15) is 0 Å². The van der Waals surface area contributed by atoms with Crippen molar-refractivity contribution in [3.05, 3.63) is 56.7 Å². The number of anilines is 1. The molecular weight excluding hydrogens is 384 g/mol. The van der Waals surface area contributed by atoms with Crippen molar-refractivity contribution in [3.8, 4) is 5.75 Å². The molecule has 21 heavy (non-hydrogen) atoms. The highest BCUT2D eigenvalue weighted by molar-refractivity contribution is 9.10. The number of benzene rings is 2. The van der Waals surface area contributed by atoms with Gasteiger partial charge in [0.25, 0.3) is 5.91 Å². The van der Waals surface area contributed by atoms with Crippen LogP contribution in [0.5, 0.6) is 5.75 Å². The molecule has 1 amide bonds.